The predicted molar refractivity (Wildman–Crippen MR) is 75.4 cm³/mol. The van der Waals surface area contributed by atoms with Crippen LogP contribution in [0.3, 0.4) is 0 Å². The van der Waals surface area contributed by atoms with Crippen LogP contribution in [0.4, 0.5) is 0 Å². The summed E-state index contributed by atoms with van der Waals surface area (Å²) in [6.45, 7) is 2.86. The van der Waals surface area contributed by atoms with Crippen LogP contribution in [0.1, 0.15) is 13.3 Å². The number of rotatable bonds is 4. The number of aromatic nitrogens is 5. The second-order valence-electron chi connectivity index (χ2n) is 4.41. The van der Waals surface area contributed by atoms with E-state index in [1.165, 1.54) is 0 Å². The zero-order valence-electron chi connectivity index (χ0n) is 11.4. The summed E-state index contributed by atoms with van der Waals surface area (Å²) in [5, 5.41) is 8.22. The second-order valence-corrected chi connectivity index (χ2v) is 4.41. The normalized spacial score (nSPS) is 10.9. The molecule has 0 saturated heterocycles. The van der Waals surface area contributed by atoms with Gasteiger partial charge in [-0.25, -0.2) is 9.67 Å². The van der Waals surface area contributed by atoms with Crippen molar-refractivity contribution in [3.8, 4) is 17.3 Å². The van der Waals surface area contributed by atoms with E-state index in [1.807, 2.05) is 30.3 Å². The molecule has 0 fully saturated rings. The van der Waals surface area contributed by atoms with Crippen LogP contribution in [0.5, 0.6) is 5.88 Å². The summed E-state index contributed by atoms with van der Waals surface area (Å²) in [4.78, 5) is 8.99. The summed E-state index contributed by atoms with van der Waals surface area (Å²) in [5.41, 5.74) is 2.25. The minimum atomic E-state index is 0.455. The molecule has 3 rings (SSSR count). The van der Waals surface area contributed by atoms with Crippen molar-refractivity contribution in [3.05, 3.63) is 30.3 Å². The zero-order chi connectivity index (χ0) is 13.9. The van der Waals surface area contributed by atoms with Gasteiger partial charge in [0.25, 0.3) is 0 Å². The van der Waals surface area contributed by atoms with Gasteiger partial charge in [-0.1, -0.05) is 42.5 Å². The molecule has 20 heavy (non-hydrogen) atoms. The summed E-state index contributed by atoms with van der Waals surface area (Å²) < 4.78 is 7.10. The molecule has 2 heterocycles. The fourth-order valence-electron chi connectivity index (χ4n) is 2.05. The monoisotopic (exact) mass is 269 g/mol. The maximum Gasteiger partial charge on any atom is 0.247 e. The minimum Gasteiger partial charge on any atom is -0.479 e. The van der Waals surface area contributed by atoms with Gasteiger partial charge < -0.3 is 4.74 Å². The van der Waals surface area contributed by atoms with Gasteiger partial charge in [-0.3, -0.25) is 0 Å². The van der Waals surface area contributed by atoms with Crippen LogP contribution in [0.15, 0.2) is 30.3 Å². The third kappa shape index (κ3) is 2.09. The average molecular weight is 269 g/mol. The van der Waals surface area contributed by atoms with Crippen molar-refractivity contribution in [1.82, 2.24) is 25.0 Å². The van der Waals surface area contributed by atoms with E-state index in [0.717, 1.165) is 18.5 Å². The Balaban J connectivity index is 2.21. The highest BCUT2D eigenvalue weighted by Gasteiger charge is 2.15. The Labute approximate surface area is 116 Å². The average Bonchev–Trinajstić information content (AvgIpc) is 2.91. The number of ether oxygens (including phenoxy) is 1. The van der Waals surface area contributed by atoms with Crippen LogP contribution >= 0.6 is 0 Å². The number of benzene rings is 1. The van der Waals surface area contributed by atoms with Gasteiger partial charge in [-0.05, 0) is 6.42 Å². The minimum absolute atomic E-state index is 0.455. The van der Waals surface area contributed by atoms with E-state index >= 15 is 0 Å². The van der Waals surface area contributed by atoms with Crippen molar-refractivity contribution in [1.29, 1.82) is 0 Å². The first-order valence-corrected chi connectivity index (χ1v) is 6.54. The number of aryl methyl sites for hydroxylation is 1. The molecule has 0 aliphatic heterocycles. The Bertz CT molecular complexity index is 723. The van der Waals surface area contributed by atoms with Crippen LogP contribution in [0, 0.1) is 0 Å². The number of methoxy groups -OCH3 is 1. The van der Waals surface area contributed by atoms with E-state index in [1.54, 1.807) is 11.8 Å². The lowest BCUT2D eigenvalue weighted by Gasteiger charge is -2.05. The molecule has 2 aromatic heterocycles. The number of nitrogens with zero attached hydrogens (tertiary/aromatic N) is 5. The molecule has 0 bridgehead atoms. The van der Waals surface area contributed by atoms with Gasteiger partial charge in [0, 0.05) is 12.1 Å². The SMILES string of the molecule is CCCn1nnc2c(OC)nc(-c3ccccc3)nc21. The van der Waals surface area contributed by atoms with Gasteiger partial charge in [-0.2, -0.15) is 4.98 Å². The first-order valence-electron chi connectivity index (χ1n) is 6.54. The molecule has 0 amide bonds. The molecule has 0 atom stereocenters. The summed E-state index contributed by atoms with van der Waals surface area (Å²) >= 11 is 0. The van der Waals surface area contributed by atoms with E-state index in [9.17, 15) is 0 Å². The summed E-state index contributed by atoms with van der Waals surface area (Å²) in [6, 6.07) is 9.80. The molecule has 6 nitrogen and oxygen atoms in total. The standard InChI is InChI=1S/C14H15N5O/c1-3-9-19-13-11(17-18-19)14(20-2)16-12(15-13)10-7-5-4-6-8-10/h4-8H,3,9H2,1-2H3. The molecule has 102 valence electrons. The number of hydrogen-bond donors (Lipinski definition) is 0. The van der Waals surface area contributed by atoms with Crippen LogP contribution in [-0.2, 0) is 6.54 Å². The highest BCUT2D eigenvalue weighted by molar-refractivity contribution is 5.78. The maximum absolute atomic E-state index is 5.31. The highest BCUT2D eigenvalue weighted by atomic mass is 16.5. The number of fused-ring (bicyclic) bond motifs is 1. The van der Waals surface area contributed by atoms with Gasteiger partial charge in [0.15, 0.2) is 17.0 Å². The van der Waals surface area contributed by atoms with Crippen molar-refractivity contribution < 1.29 is 4.74 Å². The van der Waals surface area contributed by atoms with Gasteiger partial charge in [0.2, 0.25) is 5.88 Å². The van der Waals surface area contributed by atoms with Crippen molar-refractivity contribution in [2.24, 2.45) is 0 Å². The fraction of sp³-hybridized carbons (Fsp3) is 0.286. The van der Waals surface area contributed by atoms with Gasteiger partial charge >= 0.3 is 0 Å². The van der Waals surface area contributed by atoms with Gasteiger partial charge in [0.1, 0.15) is 0 Å². The second kappa shape index (κ2) is 5.24. The van der Waals surface area contributed by atoms with Crippen LogP contribution in [-0.4, -0.2) is 32.1 Å². The van der Waals surface area contributed by atoms with Crippen molar-refractivity contribution in [3.63, 3.8) is 0 Å². The van der Waals surface area contributed by atoms with Crippen molar-refractivity contribution in [2.75, 3.05) is 7.11 Å². The van der Waals surface area contributed by atoms with E-state index in [0.29, 0.717) is 22.9 Å². The Morgan fingerprint density at radius 3 is 2.65 bits per heavy atom. The van der Waals surface area contributed by atoms with E-state index in [-0.39, 0.29) is 0 Å². The molecule has 0 N–H and O–H groups in total. The fourth-order valence-corrected chi connectivity index (χ4v) is 2.05. The van der Waals surface area contributed by atoms with E-state index < -0.39 is 0 Å². The zero-order valence-corrected chi connectivity index (χ0v) is 11.4. The van der Waals surface area contributed by atoms with E-state index in [4.69, 9.17) is 4.74 Å². The molecule has 0 aliphatic rings. The Morgan fingerprint density at radius 2 is 1.95 bits per heavy atom. The summed E-state index contributed by atoms with van der Waals surface area (Å²) in [7, 11) is 1.58. The lowest BCUT2D eigenvalue weighted by molar-refractivity contribution is 0.402. The molecule has 3 aromatic rings. The molecule has 0 spiro atoms. The molecular formula is C14H15N5O. The molecule has 6 heteroatoms. The Morgan fingerprint density at radius 1 is 1.15 bits per heavy atom. The topological polar surface area (TPSA) is 65.7 Å². The first-order chi connectivity index (χ1) is 9.83. The Kier molecular flexibility index (Phi) is 3.28. The number of hydrogen-bond acceptors (Lipinski definition) is 5. The lowest BCUT2D eigenvalue weighted by Crippen LogP contribution is -2.02. The van der Waals surface area contributed by atoms with Gasteiger partial charge in [0.05, 0.1) is 7.11 Å². The highest BCUT2D eigenvalue weighted by Crippen LogP contribution is 2.24. The van der Waals surface area contributed by atoms with Crippen molar-refractivity contribution >= 4 is 11.2 Å². The van der Waals surface area contributed by atoms with Crippen molar-refractivity contribution in [2.45, 2.75) is 19.9 Å². The summed E-state index contributed by atoms with van der Waals surface area (Å²) in [6.07, 6.45) is 0.964. The largest absolute Gasteiger partial charge is 0.479 e. The van der Waals surface area contributed by atoms with Crippen LogP contribution in [0.2, 0.25) is 0 Å². The maximum atomic E-state index is 5.31. The Hall–Kier alpha value is -2.50. The smallest absolute Gasteiger partial charge is 0.247 e. The first kappa shape index (κ1) is 12.5. The molecule has 0 radical (unpaired) electrons. The quantitative estimate of drug-likeness (QED) is 0.727. The lowest BCUT2D eigenvalue weighted by atomic mass is 10.2. The predicted octanol–water partition coefficient (Wildman–Crippen LogP) is 2.31. The third-order valence-corrected chi connectivity index (χ3v) is 2.99. The molecular weight excluding hydrogens is 254 g/mol. The van der Waals surface area contributed by atoms with E-state index in [2.05, 4.69) is 27.2 Å². The molecule has 0 saturated carbocycles. The third-order valence-electron chi connectivity index (χ3n) is 2.99. The molecule has 0 unspecified atom stereocenters. The van der Waals surface area contributed by atoms with Crippen LogP contribution in [0.25, 0.3) is 22.6 Å². The van der Waals surface area contributed by atoms with Crippen LogP contribution < -0.4 is 4.74 Å². The molecule has 0 aliphatic carbocycles. The van der Waals surface area contributed by atoms with Gasteiger partial charge in [-0.15, -0.1) is 5.10 Å². The summed E-state index contributed by atoms with van der Waals surface area (Å²) in [5.74, 6) is 1.07. The molecule has 1 aromatic carbocycles.